The molecule has 9 heteroatoms. The number of amides is 3. The highest BCUT2D eigenvalue weighted by Gasteiger charge is 2.56. The summed E-state index contributed by atoms with van der Waals surface area (Å²) in [7, 11) is 0. The number of nitrogens with zero attached hydrogens (tertiary/aromatic N) is 3. The van der Waals surface area contributed by atoms with Crippen LogP contribution < -0.4 is 0 Å². The molecule has 1 aromatic rings. The van der Waals surface area contributed by atoms with E-state index in [9.17, 15) is 19.2 Å². The molecule has 4 heterocycles. The Morgan fingerprint density at radius 2 is 1.83 bits per heavy atom. The third-order valence-electron chi connectivity index (χ3n) is 7.95. The Balaban J connectivity index is 1.29. The summed E-state index contributed by atoms with van der Waals surface area (Å²) in [6.07, 6.45) is 6.16. The summed E-state index contributed by atoms with van der Waals surface area (Å²) in [5, 5.41) is 0. The van der Waals surface area contributed by atoms with Crippen LogP contribution in [0.2, 0.25) is 0 Å². The number of furan rings is 1. The van der Waals surface area contributed by atoms with E-state index in [0.717, 1.165) is 31.4 Å². The highest BCUT2D eigenvalue weighted by atomic mass is 16.5. The highest BCUT2D eigenvalue weighted by molar-refractivity contribution is 5.93. The van der Waals surface area contributed by atoms with E-state index in [1.165, 1.54) is 11.8 Å². The Hall–Kier alpha value is -3.10. The van der Waals surface area contributed by atoms with Gasteiger partial charge in [0.05, 0.1) is 12.9 Å². The van der Waals surface area contributed by atoms with Gasteiger partial charge in [-0.05, 0) is 63.2 Å². The van der Waals surface area contributed by atoms with Gasteiger partial charge in [-0.15, -0.1) is 0 Å². The van der Waals surface area contributed by atoms with Crippen molar-refractivity contribution in [3.8, 4) is 0 Å². The molecule has 2 saturated heterocycles. The average Bonchev–Trinajstić information content (AvgIpc) is 3.42. The fraction of sp³-hybridized carbons (Fsp3) is 0.615. The Morgan fingerprint density at radius 1 is 1.09 bits per heavy atom. The second-order valence-corrected chi connectivity index (χ2v) is 9.96. The van der Waals surface area contributed by atoms with Crippen molar-refractivity contribution in [1.82, 2.24) is 14.7 Å². The molecule has 2 atom stereocenters. The zero-order valence-electron chi connectivity index (χ0n) is 20.3. The molecule has 35 heavy (non-hydrogen) atoms. The lowest BCUT2D eigenvalue weighted by molar-refractivity contribution is -0.163. The van der Waals surface area contributed by atoms with Gasteiger partial charge in [0.25, 0.3) is 5.91 Å². The van der Waals surface area contributed by atoms with Crippen LogP contribution in [0.15, 0.2) is 34.1 Å². The zero-order valence-corrected chi connectivity index (χ0v) is 20.3. The van der Waals surface area contributed by atoms with Crippen LogP contribution in [0.4, 0.5) is 0 Å². The molecule has 1 aliphatic carbocycles. The van der Waals surface area contributed by atoms with E-state index < -0.39 is 11.3 Å². The minimum Gasteiger partial charge on any atom is -0.465 e. The quantitative estimate of drug-likeness (QED) is 0.597. The third kappa shape index (κ3) is 4.15. The van der Waals surface area contributed by atoms with Crippen LogP contribution in [0.25, 0.3) is 0 Å². The molecule has 0 radical (unpaired) electrons. The number of rotatable bonds is 5. The van der Waals surface area contributed by atoms with Crippen molar-refractivity contribution < 1.29 is 28.3 Å². The van der Waals surface area contributed by atoms with Crippen molar-refractivity contribution >= 4 is 23.7 Å². The molecule has 3 amide bonds. The first kappa shape index (κ1) is 23.6. The van der Waals surface area contributed by atoms with Crippen molar-refractivity contribution in [1.29, 1.82) is 0 Å². The van der Waals surface area contributed by atoms with Gasteiger partial charge in [-0.3, -0.25) is 19.2 Å². The van der Waals surface area contributed by atoms with Crippen LogP contribution >= 0.6 is 0 Å². The minimum atomic E-state index is -0.822. The number of hydrogen-bond donors (Lipinski definition) is 0. The molecule has 9 nitrogen and oxygen atoms in total. The average molecular weight is 484 g/mol. The van der Waals surface area contributed by atoms with E-state index in [0.29, 0.717) is 57.9 Å². The van der Waals surface area contributed by atoms with E-state index in [2.05, 4.69) is 0 Å². The molecular weight excluding hydrogens is 450 g/mol. The summed E-state index contributed by atoms with van der Waals surface area (Å²) >= 11 is 0. The lowest BCUT2D eigenvalue weighted by atomic mass is 9.63. The zero-order chi connectivity index (χ0) is 24.6. The van der Waals surface area contributed by atoms with Gasteiger partial charge in [0.2, 0.25) is 11.8 Å². The predicted molar refractivity (Wildman–Crippen MR) is 125 cm³/mol. The number of esters is 1. The van der Waals surface area contributed by atoms with Crippen molar-refractivity contribution in [2.45, 2.75) is 51.9 Å². The fourth-order valence-electron chi connectivity index (χ4n) is 6.35. The van der Waals surface area contributed by atoms with Crippen LogP contribution in [-0.4, -0.2) is 77.7 Å². The maximum Gasteiger partial charge on any atom is 0.318 e. The largest absolute Gasteiger partial charge is 0.465 e. The summed E-state index contributed by atoms with van der Waals surface area (Å²) in [6, 6.07) is 3.31. The Kier molecular flexibility index (Phi) is 6.42. The second-order valence-electron chi connectivity index (χ2n) is 9.96. The number of hydrogen-bond acceptors (Lipinski definition) is 6. The van der Waals surface area contributed by atoms with Gasteiger partial charge in [0, 0.05) is 50.8 Å². The predicted octanol–water partition coefficient (Wildman–Crippen LogP) is 2.58. The first-order valence-electron chi connectivity index (χ1n) is 12.8. The lowest BCUT2D eigenvalue weighted by Gasteiger charge is -2.51. The van der Waals surface area contributed by atoms with Gasteiger partial charge in [-0.1, -0.05) is 0 Å². The van der Waals surface area contributed by atoms with Crippen LogP contribution in [-0.2, 0) is 19.1 Å². The maximum atomic E-state index is 13.5. The summed E-state index contributed by atoms with van der Waals surface area (Å²) in [4.78, 5) is 57.8. The number of ether oxygens (including phenoxy) is 1. The van der Waals surface area contributed by atoms with Gasteiger partial charge in [0.1, 0.15) is 5.41 Å². The fourth-order valence-corrected chi connectivity index (χ4v) is 6.35. The smallest absolute Gasteiger partial charge is 0.318 e. The molecule has 0 saturated carbocycles. The summed E-state index contributed by atoms with van der Waals surface area (Å²) in [5.74, 6) is -0.838. The van der Waals surface area contributed by atoms with Crippen molar-refractivity contribution in [2.75, 3.05) is 39.3 Å². The number of carbonyl (C=O) groups excluding carboxylic acids is 4. The van der Waals surface area contributed by atoms with Crippen LogP contribution in [0.5, 0.6) is 0 Å². The molecule has 0 aromatic carbocycles. The Bertz CT molecular complexity index is 1040. The molecular formula is C26H33N3O6. The van der Waals surface area contributed by atoms with E-state index in [4.69, 9.17) is 9.15 Å². The minimum absolute atomic E-state index is 0.0426. The molecule has 2 fully saturated rings. The molecule has 5 rings (SSSR count). The highest BCUT2D eigenvalue weighted by Crippen LogP contribution is 2.54. The SMILES string of the molecule is CCOC(=O)[C@]12CCCC3=C1N(CCC3)C(=O)[C@@H](CC(=O)N1CCN(C(=O)c3ccco3)CC1)C2. The molecule has 1 aromatic heterocycles. The van der Waals surface area contributed by atoms with E-state index >= 15 is 0 Å². The van der Waals surface area contributed by atoms with Gasteiger partial charge >= 0.3 is 5.97 Å². The number of piperidine rings is 1. The first-order valence-corrected chi connectivity index (χ1v) is 12.8. The monoisotopic (exact) mass is 483 g/mol. The van der Waals surface area contributed by atoms with Gasteiger partial charge < -0.3 is 23.9 Å². The maximum absolute atomic E-state index is 13.5. The summed E-state index contributed by atoms with van der Waals surface area (Å²) < 4.78 is 10.7. The molecule has 3 aliphatic heterocycles. The van der Waals surface area contributed by atoms with E-state index in [1.807, 2.05) is 0 Å². The normalized spacial score (nSPS) is 26.5. The van der Waals surface area contributed by atoms with Crippen molar-refractivity contribution in [2.24, 2.45) is 11.3 Å². The lowest BCUT2D eigenvalue weighted by Crippen LogP contribution is -2.57. The van der Waals surface area contributed by atoms with Gasteiger partial charge in [-0.25, -0.2) is 0 Å². The molecule has 188 valence electrons. The van der Waals surface area contributed by atoms with Crippen LogP contribution in [0.3, 0.4) is 0 Å². The number of allylic oxidation sites excluding steroid dienone is 1. The molecule has 0 bridgehead atoms. The van der Waals surface area contributed by atoms with Gasteiger partial charge in [0.15, 0.2) is 5.76 Å². The van der Waals surface area contributed by atoms with Crippen LogP contribution in [0.1, 0.15) is 62.4 Å². The van der Waals surface area contributed by atoms with E-state index in [-0.39, 0.29) is 30.1 Å². The van der Waals surface area contributed by atoms with Crippen molar-refractivity contribution in [3.63, 3.8) is 0 Å². The first-order chi connectivity index (χ1) is 16.9. The topological polar surface area (TPSA) is 100 Å². The standard InChI is InChI=1S/C26H33N3O6/c1-2-34-25(33)26-9-3-6-18-7-4-10-29(22(18)26)23(31)19(17-26)16-21(30)27-11-13-28(14-12-27)24(32)20-8-5-15-35-20/h5,8,15,19H,2-4,6-7,9-14,16-17H2,1H3/t19-,26-/m0/s1. The third-order valence-corrected chi connectivity index (χ3v) is 7.95. The Morgan fingerprint density at radius 3 is 2.54 bits per heavy atom. The summed E-state index contributed by atoms with van der Waals surface area (Å²) in [6.45, 7) is 4.34. The molecule has 0 spiro atoms. The van der Waals surface area contributed by atoms with Crippen LogP contribution in [0, 0.1) is 11.3 Å². The molecule has 4 aliphatic rings. The van der Waals surface area contributed by atoms with Crippen molar-refractivity contribution in [3.05, 3.63) is 35.4 Å². The number of carbonyl (C=O) groups is 4. The summed E-state index contributed by atoms with van der Waals surface area (Å²) in [5.41, 5.74) is 1.27. The molecule has 0 unspecified atom stereocenters. The second kappa shape index (κ2) is 9.51. The van der Waals surface area contributed by atoms with E-state index in [1.54, 1.807) is 33.8 Å². The van der Waals surface area contributed by atoms with Gasteiger partial charge in [-0.2, -0.15) is 0 Å². The Labute approximate surface area is 205 Å². The molecule has 0 N–H and O–H groups in total. The number of piperazine rings is 1.